The van der Waals surface area contributed by atoms with Crippen molar-refractivity contribution in [2.75, 3.05) is 5.32 Å². The molecule has 1 N–H and O–H groups in total. The molecule has 32 heavy (non-hydrogen) atoms. The molecule has 1 aliphatic heterocycles. The molecular weight excluding hydrogens is 402 g/mol. The molecule has 1 heterocycles. The van der Waals surface area contributed by atoms with Crippen molar-refractivity contribution in [1.29, 1.82) is 0 Å². The molecule has 3 aromatic carbocycles. The summed E-state index contributed by atoms with van der Waals surface area (Å²) in [5.41, 5.74) is 3.00. The van der Waals surface area contributed by atoms with Gasteiger partial charge in [-0.15, -0.1) is 0 Å². The van der Waals surface area contributed by atoms with Crippen molar-refractivity contribution in [3.8, 4) is 22.6 Å². The van der Waals surface area contributed by atoms with Crippen LogP contribution in [-0.2, 0) is 14.3 Å². The number of nitrogens with one attached hydrogen (secondary N) is 1. The topological polar surface area (TPSA) is 64.6 Å². The highest BCUT2D eigenvalue weighted by Gasteiger charge is 2.63. The summed E-state index contributed by atoms with van der Waals surface area (Å²) in [5, 5.41) is 2.99. The molecule has 5 heteroatoms. The molecule has 1 saturated heterocycles. The lowest BCUT2D eigenvalue weighted by atomic mass is 9.79. The minimum atomic E-state index is -0.273. The number of amides is 1. The highest BCUT2D eigenvalue weighted by atomic mass is 16.6. The van der Waals surface area contributed by atoms with Crippen molar-refractivity contribution < 1.29 is 19.1 Å². The van der Waals surface area contributed by atoms with Crippen molar-refractivity contribution in [3.63, 3.8) is 0 Å². The number of rotatable bonds is 5. The predicted octanol–water partition coefficient (Wildman–Crippen LogP) is 5.28. The van der Waals surface area contributed by atoms with E-state index in [-0.39, 0.29) is 41.7 Å². The van der Waals surface area contributed by atoms with Crippen LogP contribution in [0.5, 0.6) is 11.5 Å². The fourth-order valence-electron chi connectivity index (χ4n) is 5.68. The van der Waals surface area contributed by atoms with Gasteiger partial charge in [0.2, 0.25) is 5.91 Å². The maximum atomic E-state index is 12.9. The largest absolute Gasteiger partial charge is 0.462 e. The minimum Gasteiger partial charge on any atom is -0.462 e. The fraction of sp³-hybridized carbons (Fsp3) is 0.259. The Kier molecular flexibility index (Phi) is 4.49. The van der Waals surface area contributed by atoms with Gasteiger partial charge in [-0.2, -0.15) is 0 Å². The molecule has 2 saturated carbocycles. The van der Waals surface area contributed by atoms with Crippen LogP contribution in [0.4, 0.5) is 5.69 Å². The number of esters is 1. The van der Waals surface area contributed by atoms with E-state index in [1.807, 2.05) is 66.7 Å². The Hall–Kier alpha value is -3.60. The molecule has 0 radical (unpaired) electrons. The summed E-state index contributed by atoms with van der Waals surface area (Å²) in [7, 11) is 0. The standard InChI is InChI=1S/C27H23NO4/c29-26(24-18-14-22-23(15-18)32-27(30)25(22)24)28-19-8-12-21(13-9-19)31-20-10-6-17(7-11-20)16-4-2-1-3-5-16/h1-13,18,22-25H,14-15H2,(H,28,29)/t18-,22+,23-,24+,25+/m1/s1. The Morgan fingerprint density at radius 2 is 1.50 bits per heavy atom. The van der Waals surface area contributed by atoms with E-state index in [9.17, 15) is 9.59 Å². The van der Waals surface area contributed by atoms with E-state index in [0.29, 0.717) is 11.4 Å². The second-order valence-electron chi connectivity index (χ2n) is 8.93. The van der Waals surface area contributed by atoms with Crippen LogP contribution in [0.15, 0.2) is 78.9 Å². The van der Waals surface area contributed by atoms with Gasteiger partial charge in [-0.05, 0) is 66.3 Å². The van der Waals surface area contributed by atoms with Crippen LogP contribution in [0.2, 0.25) is 0 Å². The number of benzene rings is 3. The Balaban J connectivity index is 1.10. The maximum absolute atomic E-state index is 12.9. The average molecular weight is 425 g/mol. The highest BCUT2D eigenvalue weighted by molar-refractivity contribution is 5.97. The van der Waals surface area contributed by atoms with Crippen molar-refractivity contribution in [2.24, 2.45) is 23.7 Å². The first-order chi connectivity index (χ1) is 15.7. The summed E-state index contributed by atoms with van der Waals surface area (Å²) >= 11 is 0. The van der Waals surface area contributed by atoms with E-state index in [2.05, 4.69) is 17.4 Å². The number of carbonyl (C=O) groups excluding carboxylic acids is 2. The monoisotopic (exact) mass is 425 g/mol. The summed E-state index contributed by atoms with van der Waals surface area (Å²) in [6.45, 7) is 0. The third-order valence-corrected chi connectivity index (χ3v) is 7.10. The predicted molar refractivity (Wildman–Crippen MR) is 120 cm³/mol. The van der Waals surface area contributed by atoms with E-state index < -0.39 is 0 Å². The molecule has 1 amide bonds. The molecule has 6 rings (SSSR count). The van der Waals surface area contributed by atoms with Gasteiger partial charge in [0.15, 0.2) is 0 Å². The van der Waals surface area contributed by atoms with Gasteiger partial charge in [0.1, 0.15) is 17.6 Å². The van der Waals surface area contributed by atoms with Gasteiger partial charge in [0.05, 0.1) is 11.8 Å². The minimum absolute atomic E-state index is 0.0414. The van der Waals surface area contributed by atoms with Crippen LogP contribution in [-0.4, -0.2) is 18.0 Å². The molecule has 3 fully saturated rings. The lowest BCUT2D eigenvalue weighted by Crippen LogP contribution is -2.35. The van der Waals surface area contributed by atoms with Gasteiger partial charge in [-0.3, -0.25) is 9.59 Å². The maximum Gasteiger partial charge on any atom is 0.310 e. The number of hydrogen-bond acceptors (Lipinski definition) is 4. The van der Waals surface area contributed by atoms with E-state index in [4.69, 9.17) is 9.47 Å². The number of carbonyl (C=O) groups is 2. The lowest BCUT2D eigenvalue weighted by molar-refractivity contribution is -0.145. The first-order valence-electron chi connectivity index (χ1n) is 11.1. The van der Waals surface area contributed by atoms with Crippen LogP contribution in [0.25, 0.3) is 11.1 Å². The van der Waals surface area contributed by atoms with Gasteiger partial charge in [0, 0.05) is 11.6 Å². The Bertz CT molecular complexity index is 1150. The molecule has 5 atom stereocenters. The second kappa shape index (κ2) is 7.52. The van der Waals surface area contributed by atoms with Crippen LogP contribution in [0.3, 0.4) is 0 Å². The molecule has 2 bridgehead atoms. The van der Waals surface area contributed by atoms with Crippen molar-refractivity contribution in [1.82, 2.24) is 0 Å². The van der Waals surface area contributed by atoms with Crippen LogP contribution >= 0.6 is 0 Å². The van der Waals surface area contributed by atoms with Gasteiger partial charge in [-0.25, -0.2) is 0 Å². The molecule has 2 aliphatic carbocycles. The number of hydrogen-bond donors (Lipinski definition) is 1. The Morgan fingerprint density at radius 3 is 2.22 bits per heavy atom. The highest BCUT2D eigenvalue weighted by Crippen LogP contribution is 2.57. The lowest BCUT2D eigenvalue weighted by Gasteiger charge is -2.23. The van der Waals surface area contributed by atoms with Gasteiger partial charge in [0.25, 0.3) is 0 Å². The third-order valence-electron chi connectivity index (χ3n) is 7.10. The molecule has 5 nitrogen and oxygen atoms in total. The van der Waals surface area contributed by atoms with E-state index in [0.717, 1.165) is 29.7 Å². The number of fused-ring (bicyclic) bond motifs is 1. The Morgan fingerprint density at radius 1 is 0.844 bits per heavy atom. The van der Waals surface area contributed by atoms with Gasteiger partial charge < -0.3 is 14.8 Å². The van der Waals surface area contributed by atoms with E-state index >= 15 is 0 Å². The van der Waals surface area contributed by atoms with Crippen molar-refractivity contribution in [3.05, 3.63) is 78.9 Å². The van der Waals surface area contributed by atoms with Gasteiger partial charge in [-0.1, -0.05) is 42.5 Å². The smallest absolute Gasteiger partial charge is 0.310 e. The average Bonchev–Trinajstić information content (AvgIpc) is 3.45. The van der Waals surface area contributed by atoms with Crippen LogP contribution in [0, 0.1) is 23.7 Å². The summed E-state index contributed by atoms with van der Waals surface area (Å²) in [4.78, 5) is 25.1. The fourth-order valence-corrected chi connectivity index (χ4v) is 5.68. The molecule has 0 unspecified atom stereocenters. The third kappa shape index (κ3) is 3.25. The van der Waals surface area contributed by atoms with E-state index in [1.165, 1.54) is 0 Å². The van der Waals surface area contributed by atoms with Crippen molar-refractivity contribution in [2.45, 2.75) is 18.9 Å². The SMILES string of the molecule is O=C(Nc1ccc(Oc2ccc(-c3ccccc3)cc2)cc1)[C@H]1[C@@H]2C[C@@H]3[C@@H]1C(=O)O[C@@H]3C2. The first kappa shape index (κ1) is 19.1. The summed E-state index contributed by atoms with van der Waals surface area (Å²) in [5.74, 6) is 1.11. The molecule has 160 valence electrons. The summed E-state index contributed by atoms with van der Waals surface area (Å²) < 4.78 is 11.4. The molecule has 3 aromatic rings. The quantitative estimate of drug-likeness (QED) is 0.565. The molecule has 0 aromatic heterocycles. The van der Waals surface area contributed by atoms with Crippen molar-refractivity contribution >= 4 is 17.6 Å². The number of anilines is 1. The number of ether oxygens (including phenoxy) is 2. The zero-order valence-corrected chi connectivity index (χ0v) is 17.4. The van der Waals surface area contributed by atoms with Crippen LogP contribution in [0.1, 0.15) is 12.8 Å². The van der Waals surface area contributed by atoms with Crippen LogP contribution < -0.4 is 10.1 Å². The van der Waals surface area contributed by atoms with E-state index in [1.54, 1.807) is 0 Å². The first-order valence-corrected chi connectivity index (χ1v) is 11.1. The zero-order chi connectivity index (χ0) is 21.7. The Labute approximate surface area is 186 Å². The molecule has 3 aliphatic rings. The normalized spacial score (nSPS) is 27.2. The summed E-state index contributed by atoms with van der Waals surface area (Å²) in [6.07, 6.45) is 1.79. The molecular formula is C27H23NO4. The van der Waals surface area contributed by atoms with Gasteiger partial charge >= 0.3 is 5.97 Å². The zero-order valence-electron chi connectivity index (χ0n) is 17.4. The molecule has 0 spiro atoms. The summed E-state index contributed by atoms with van der Waals surface area (Å²) in [6, 6.07) is 25.5. The second-order valence-corrected chi connectivity index (χ2v) is 8.93.